The molecule has 29 heavy (non-hydrogen) atoms. The maximum atomic E-state index is 12.7. The fraction of sp³-hybridized carbons (Fsp3) is 0.391. The summed E-state index contributed by atoms with van der Waals surface area (Å²) in [5, 5.41) is 2.93. The largest absolute Gasteiger partial charge is 0.477 e. The van der Waals surface area contributed by atoms with E-state index in [1.165, 1.54) is 12.5 Å². The van der Waals surface area contributed by atoms with Crippen molar-refractivity contribution >= 4 is 17.5 Å². The fourth-order valence-electron chi connectivity index (χ4n) is 3.44. The normalized spacial score (nSPS) is 15.6. The van der Waals surface area contributed by atoms with Gasteiger partial charge in [0.1, 0.15) is 5.75 Å². The smallest absolute Gasteiger partial charge is 0.263 e. The van der Waals surface area contributed by atoms with Gasteiger partial charge in [0.2, 0.25) is 5.91 Å². The van der Waals surface area contributed by atoms with Crippen molar-refractivity contribution in [1.82, 2.24) is 10.2 Å². The molecular formula is C23H29N3O3. The minimum absolute atomic E-state index is 0.109. The zero-order chi connectivity index (χ0) is 20.8. The van der Waals surface area contributed by atoms with Gasteiger partial charge in [0.25, 0.3) is 5.91 Å². The lowest BCUT2D eigenvalue weighted by atomic mass is 10.1. The zero-order valence-corrected chi connectivity index (χ0v) is 17.4. The van der Waals surface area contributed by atoms with Gasteiger partial charge in [0.05, 0.1) is 12.2 Å². The Hall–Kier alpha value is -2.86. The highest BCUT2D eigenvalue weighted by atomic mass is 16.5. The summed E-state index contributed by atoms with van der Waals surface area (Å²) in [7, 11) is 0. The number of fused-ring (bicyclic) bond motifs is 1. The van der Waals surface area contributed by atoms with E-state index in [1.54, 1.807) is 11.0 Å². The van der Waals surface area contributed by atoms with Crippen LogP contribution in [0.3, 0.4) is 0 Å². The molecule has 0 aliphatic carbocycles. The molecule has 6 heteroatoms. The molecule has 1 aliphatic rings. The predicted molar refractivity (Wildman–Crippen MR) is 114 cm³/mol. The summed E-state index contributed by atoms with van der Waals surface area (Å²) in [5.74, 6) is 0.218. The quantitative estimate of drug-likeness (QED) is 0.783. The first kappa shape index (κ1) is 20.9. The van der Waals surface area contributed by atoms with Crippen LogP contribution in [0.25, 0.3) is 0 Å². The number of amides is 2. The molecule has 2 aromatic rings. The Morgan fingerprint density at radius 1 is 1.07 bits per heavy atom. The molecule has 0 bridgehead atoms. The van der Waals surface area contributed by atoms with E-state index >= 15 is 0 Å². The van der Waals surface area contributed by atoms with E-state index < -0.39 is 6.10 Å². The Bertz CT molecular complexity index is 847. The maximum absolute atomic E-state index is 12.7. The Kier molecular flexibility index (Phi) is 6.88. The van der Waals surface area contributed by atoms with Crippen LogP contribution in [0.15, 0.2) is 48.5 Å². The number of carbonyl (C=O) groups excluding carboxylic acids is 2. The van der Waals surface area contributed by atoms with Gasteiger partial charge in [-0.05, 0) is 36.3 Å². The van der Waals surface area contributed by atoms with Crippen molar-refractivity contribution in [3.05, 3.63) is 59.7 Å². The highest BCUT2D eigenvalue weighted by molar-refractivity contribution is 5.95. The molecule has 0 aromatic heterocycles. The van der Waals surface area contributed by atoms with Crippen LogP contribution in [-0.2, 0) is 22.7 Å². The number of hydrogen-bond acceptors (Lipinski definition) is 4. The third kappa shape index (κ3) is 5.15. The molecule has 2 amide bonds. The van der Waals surface area contributed by atoms with E-state index in [0.29, 0.717) is 18.0 Å². The second-order valence-electron chi connectivity index (χ2n) is 7.20. The van der Waals surface area contributed by atoms with Crippen LogP contribution in [0.5, 0.6) is 5.75 Å². The molecule has 0 saturated carbocycles. The third-order valence-corrected chi connectivity index (χ3v) is 5.24. The molecule has 0 unspecified atom stereocenters. The summed E-state index contributed by atoms with van der Waals surface area (Å²) in [6.07, 6.45) is -0.726. The summed E-state index contributed by atoms with van der Waals surface area (Å²) < 4.78 is 5.84. The lowest BCUT2D eigenvalue weighted by molar-refractivity contribution is -0.128. The third-order valence-electron chi connectivity index (χ3n) is 5.24. The first-order valence-corrected chi connectivity index (χ1v) is 10.1. The lowest BCUT2D eigenvalue weighted by Crippen LogP contribution is -2.50. The second-order valence-corrected chi connectivity index (χ2v) is 7.20. The summed E-state index contributed by atoms with van der Waals surface area (Å²) in [6.45, 7) is 9.42. The molecule has 0 fully saturated rings. The van der Waals surface area contributed by atoms with Crippen molar-refractivity contribution in [2.75, 3.05) is 24.5 Å². The summed E-state index contributed by atoms with van der Waals surface area (Å²) >= 11 is 0. The summed E-state index contributed by atoms with van der Waals surface area (Å²) in [5.41, 5.74) is 2.99. The topological polar surface area (TPSA) is 61.9 Å². The Morgan fingerprint density at radius 3 is 2.38 bits per heavy atom. The fourth-order valence-corrected chi connectivity index (χ4v) is 3.44. The van der Waals surface area contributed by atoms with Crippen LogP contribution < -0.4 is 15.0 Å². The van der Waals surface area contributed by atoms with Crippen LogP contribution in [0.1, 0.15) is 31.9 Å². The van der Waals surface area contributed by atoms with Crippen LogP contribution in [0.2, 0.25) is 0 Å². The monoisotopic (exact) mass is 395 g/mol. The first-order chi connectivity index (χ1) is 14.0. The lowest BCUT2D eigenvalue weighted by Gasteiger charge is -2.33. The van der Waals surface area contributed by atoms with Gasteiger partial charge >= 0.3 is 0 Å². The number of nitrogens with one attached hydrogen (secondary N) is 1. The van der Waals surface area contributed by atoms with E-state index in [9.17, 15) is 9.59 Å². The number of para-hydroxylation sites is 2. The molecule has 154 valence electrons. The highest BCUT2D eigenvalue weighted by Crippen LogP contribution is 2.33. The summed E-state index contributed by atoms with van der Waals surface area (Å²) in [4.78, 5) is 28.6. The standard InChI is InChI=1S/C23H29N3O3/c1-4-25(5-2)15-19-12-10-18(11-13-19)14-24-23(28)22-16-26(17(3)27)20-8-6-7-9-21(20)29-22/h6-13,22H,4-5,14-16H2,1-3H3,(H,24,28)/t22-/m1/s1. The highest BCUT2D eigenvalue weighted by Gasteiger charge is 2.32. The van der Waals surface area contributed by atoms with Crippen molar-refractivity contribution in [3.63, 3.8) is 0 Å². The van der Waals surface area contributed by atoms with E-state index in [2.05, 4.69) is 36.2 Å². The van der Waals surface area contributed by atoms with Gasteiger partial charge in [-0.15, -0.1) is 0 Å². The van der Waals surface area contributed by atoms with Gasteiger partial charge in [-0.2, -0.15) is 0 Å². The Morgan fingerprint density at radius 2 is 1.72 bits per heavy atom. The maximum Gasteiger partial charge on any atom is 0.263 e. The average molecular weight is 396 g/mol. The molecule has 1 atom stereocenters. The van der Waals surface area contributed by atoms with Gasteiger partial charge in [0.15, 0.2) is 6.10 Å². The van der Waals surface area contributed by atoms with Crippen molar-refractivity contribution in [2.45, 2.75) is 40.0 Å². The molecule has 0 radical (unpaired) electrons. The second kappa shape index (κ2) is 9.56. The van der Waals surface area contributed by atoms with Gasteiger partial charge in [-0.3, -0.25) is 14.5 Å². The molecule has 1 N–H and O–H groups in total. The molecule has 0 saturated heterocycles. The molecule has 3 rings (SSSR count). The first-order valence-electron chi connectivity index (χ1n) is 10.1. The number of nitrogens with zero attached hydrogens (tertiary/aromatic N) is 2. The van der Waals surface area contributed by atoms with Gasteiger partial charge < -0.3 is 15.0 Å². The van der Waals surface area contributed by atoms with Crippen LogP contribution in [0, 0.1) is 0 Å². The molecule has 1 heterocycles. The van der Waals surface area contributed by atoms with Crippen LogP contribution >= 0.6 is 0 Å². The Labute approximate surface area is 172 Å². The summed E-state index contributed by atoms with van der Waals surface area (Å²) in [6, 6.07) is 15.6. The van der Waals surface area contributed by atoms with Gasteiger partial charge in [-0.25, -0.2) is 0 Å². The zero-order valence-electron chi connectivity index (χ0n) is 17.4. The van der Waals surface area contributed by atoms with Crippen LogP contribution in [0.4, 0.5) is 5.69 Å². The molecule has 6 nitrogen and oxygen atoms in total. The number of carbonyl (C=O) groups is 2. The number of rotatable bonds is 7. The molecule has 1 aliphatic heterocycles. The van der Waals surface area contributed by atoms with Crippen molar-refractivity contribution in [3.8, 4) is 5.75 Å². The SMILES string of the molecule is CCN(CC)Cc1ccc(CNC(=O)[C@H]2CN(C(C)=O)c3ccccc3O2)cc1. The minimum Gasteiger partial charge on any atom is -0.477 e. The Balaban J connectivity index is 1.59. The van der Waals surface area contributed by atoms with Crippen molar-refractivity contribution in [2.24, 2.45) is 0 Å². The number of anilines is 1. The molecule has 0 spiro atoms. The number of ether oxygens (including phenoxy) is 1. The van der Waals surface area contributed by atoms with Gasteiger partial charge in [0, 0.05) is 20.0 Å². The van der Waals surface area contributed by atoms with E-state index in [1.807, 2.05) is 30.3 Å². The molecular weight excluding hydrogens is 366 g/mol. The predicted octanol–water partition coefficient (Wildman–Crippen LogP) is 2.96. The van der Waals surface area contributed by atoms with Gasteiger partial charge in [-0.1, -0.05) is 50.2 Å². The van der Waals surface area contributed by atoms with E-state index in [4.69, 9.17) is 4.74 Å². The molecule has 2 aromatic carbocycles. The number of hydrogen-bond donors (Lipinski definition) is 1. The van der Waals surface area contributed by atoms with Crippen molar-refractivity contribution < 1.29 is 14.3 Å². The average Bonchev–Trinajstić information content (AvgIpc) is 2.75. The van der Waals surface area contributed by atoms with E-state index in [0.717, 1.165) is 25.2 Å². The minimum atomic E-state index is -0.726. The van der Waals surface area contributed by atoms with Crippen molar-refractivity contribution in [1.29, 1.82) is 0 Å². The van der Waals surface area contributed by atoms with E-state index in [-0.39, 0.29) is 18.4 Å². The number of benzene rings is 2. The van der Waals surface area contributed by atoms with Crippen LogP contribution in [-0.4, -0.2) is 42.5 Å².